The van der Waals surface area contributed by atoms with Crippen LogP contribution in [-0.2, 0) is 0 Å². The smallest absolute Gasteiger partial charge is 0.126 e. The molecule has 0 radical (unpaired) electrons. The van der Waals surface area contributed by atoms with Gasteiger partial charge in [-0.25, -0.2) is 9.37 Å². The number of benzene rings is 1. The predicted molar refractivity (Wildman–Crippen MR) is 65.0 cm³/mol. The first kappa shape index (κ1) is 11.7. The topological polar surface area (TPSA) is 33.1 Å². The summed E-state index contributed by atoms with van der Waals surface area (Å²) in [6.45, 7) is 1.67. The van der Waals surface area contributed by atoms with Crippen LogP contribution in [0.25, 0.3) is 0 Å². The zero-order valence-electron chi connectivity index (χ0n) is 8.45. The molecule has 0 saturated carbocycles. The highest BCUT2D eigenvalue weighted by atomic mass is 79.9. The Labute approximate surface area is 105 Å². The van der Waals surface area contributed by atoms with Gasteiger partial charge in [0.05, 0.1) is 10.4 Å². The van der Waals surface area contributed by atoms with Gasteiger partial charge in [-0.2, -0.15) is 0 Å². The Morgan fingerprint density at radius 2 is 2.25 bits per heavy atom. The summed E-state index contributed by atoms with van der Waals surface area (Å²) >= 11 is 4.62. The van der Waals surface area contributed by atoms with Gasteiger partial charge in [0.2, 0.25) is 0 Å². The SMILES string of the molecule is Cc1cc(C(O)c2scnc2Br)ccc1F. The van der Waals surface area contributed by atoms with Crippen molar-refractivity contribution in [2.45, 2.75) is 13.0 Å². The van der Waals surface area contributed by atoms with Crippen LogP contribution in [-0.4, -0.2) is 10.1 Å². The second-order valence-electron chi connectivity index (χ2n) is 3.42. The van der Waals surface area contributed by atoms with Crippen LogP contribution < -0.4 is 0 Å². The van der Waals surface area contributed by atoms with E-state index in [1.165, 1.54) is 17.4 Å². The van der Waals surface area contributed by atoms with Crippen molar-refractivity contribution in [3.63, 3.8) is 0 Å². The monoisotopic (exact) mass is 301 g/mol. The van der Waals surface area contributed by atoms with Crippen LogP contribution in [0.4, 0.5) is 4.39 Å². The van der Waals surface area contributed by atoms with Crippen molar-refractivity contribution in [1.29, 1.82) is 0 Å². The normalized spacial score (nSPS) is 12.8. The number of nitrogens with zero attached hydrogens (tertiary/aromatic N) is 1. The first-order chi connectivity index (χ1) is 7.59. The molecule has 0 aliphatic carbocycles. The highest BCUT2D eigenvalue weighted by molar-refractivity contribution is 9.10. The molecule has 0 aliphatic heterocycles. The highest BCUT2D eigenvalue weighted by Crippen LogP contribution is 2.31. The van der Waals surface area contributed by atoms with Gasteiger partial charge in [-0.1, -0.05) is 12.1 Å². The molecule has 0 amide bonds. The summed E-state index contributed by atoms with van der Waals surface area (Å²) in [6, 6.07) is 4.59. The number of aromatic nitrogens is 1. The molecular weight excluding hydrogens is 293 g/mol. The molecule has 1 atom stereocenters. The Balaban J connectivity index is 2.38. The molecule has 0 aliphatic rings. The minimum atomic E-state index is -0.763. The Morgan fingerprint density at radius 1 is 1.50 bits per heavy atom. The fraction of sp³-hybridized carbons (Fsp3) is 0.182. The number of halogens is 2. The Bertz CT molecular complexity index is 514. The maximum Gasteiger partial charge on any atom is 0.126 e. The van der Waals surface area contributed by atoms with E-state index in [0.717, 1.165) is 4.88 Å². The zero-order valence-corrected chi connectivity index (χ0v) is 10.8. The van der Waals surface area contributed by atoms with Crippen molar-refractivity contribution in [2.75, 3.05) is 0 Å². The van der Waals surface area contributed by atoms with E-state index in [9.17, 15) is 9.50 Å². The van der Waals surface area contributed by atoms with E-state index in [1.807, 2.05) is 0 Å². The number of aryl methyl sites for hydroxylation is 1. The van der Waals surface area contributed by atoms with Crippen LogP contribution in [0.3, 0.4) is 0 Å². The van der Waals surface area contributed by atoms with Gasteiger partial charge < -0.3 is 5.11 Å². The van der Waals surface area contributed by atoms with Crippen LogP contribution in [0.2, 0.25) is 0 Å². The Morgan fingerprint density at radius 3 is 2.81 bits per heavy atom. The molecule has 0 bridgehead atoms. The first-order valence-electron chi connectivity index (χ1n) is 4.62. The van der Waals surface area contributed by atoms with Gasteiger partial charge in [0, 0.05) is 0 Å². The molecule has 16 heavy (non-hydrogen) atoms. The summed E-state index contributed by atoms with van der Waals surface area (Å²) in [4.78, 5) is 4.73. The summed E-state index contributed by atoms with van der Waals surface area (Å²) in [7, 11) is 0. The number of hydrogen-bond donors (Lipinski definition) is 1. The molecule has 2 nitrogen and oxygen atoms in total. The van der Waals surface area contributed by atoms with E-state index in [4.69, 9.17) is 0 Å². The molecule has 0 fully saturated rings. The van der Waals surface area contributed by atoms with Crippen LogP contribution >= 0.6 is 27.3 Å². The van der Waals surface area contributed by atoms with Crippen LogP contribution in [0.15, 0.2) is 28.3 Å². The molecule has 0 saturated heterocycles. The molecule has 5 heteroatoms. The van der Waals surface area contributed by atoms with Gasteiger partial charge in [-0.05, 0) is 40.0 Å². The minimum absolute atomic E-state index is 0.265. The molecule has 84 valence electrons. The molecule has 0 spiro atoms. The van der Waals surface area contributed by atoms with Gasteiger partial charge in [0.25, 0.3) is 0 Å². The van der Waals surface area contributed by atoms with E-state index in [-0.39, 0.29) is 5.82 Å². The van der Waals surface area contributed by atoms with Gasteiger partial charge in [0.1, 0.15) is 16.5 Å². The summed E-state index contributed by atoms with van der Waals surface area (Å²) in [5.74, 6) is -0.265. The highest BCUT2D eigenvalue weighted by Gasteiger charge is 2.16. The van der Waals surface area contributed by atoms with Gasteiger partial charge in [-0.3, -0.25) is 0 Å². The molecule has 2 aromatic rings. The number of aliphatic hydroxyl groups excluding tert-OH is 1. The lowest BCUT2D eigenvalue weighted by molar-refractivity contribution is 0.223. The second kappa shape index (κ2) is 4.61. The number of hydrogen-bond acceptors (Lipinski definition) is 3. The molecule has 2 rings (SSSR count). The standard InChI is InChI=1S/C11H9BrFNOS/c1-6-4-7(2-3-8(6)13)9(15)10-11(12)14-5-16-10/h2-5,9,15H,1H3. The van der Waals surface area contributed by atoms with Crippen molar-refractivity contribution in [3.8, 4) is 0 Å². The summed E-state index contributed by atoms with van der Waals surface area (Å²) in [5.41, 5.74) is 2.85. The summed E-state index contributed by atoms with van der Waals surface area (Å²) in [5, 5.41) is 10.1. The quantitative estimate of drug-likeness (QED) is 0.922. The fourth-order valence-corrected chi connectivity index (χ4v) is 2.83. The summed E-state index contributed by atoms with van der Waals surface area (Å²) < 4.78 is 13.7. The molecular formula is C11H9BrFNOS. The van der Waals surface area contributed by atoms with Gasteiger partial charge >= 0.3 is 0 Å². The van der Waals surface area contributed by atoms with Crippen molar-refractivity contribution < 1.29 is 9.50 Å². The molecule has 1 unspecified atom stereocenters. The van der Waals surface area contributed by atoms with E-state index in [2.05, 4.69) is 20.9 Å². The Hall–Kier alpha value is -0.780. The number of aliphatic hydroxyl groups is 1. The lowest BCUT2D eigenvalue weighted by Gasteiger charge is -2.10. The average Bonchev–Trinajstić information content (AvgIpc) is 2.67. The molecule has 1 N–H and O–H groups in total. The zero-order chi connectivity index (χ0) is 11.7. The fourth-order valence-electron chi connectivity index (χ4n) is 1.41. The summed E-state index contributed by atoms with van der Waals surface area (Å²) in [6.07, 6.45) is -0.763. The predicted octanol–water partition coefficient (Wildman–Crippen LogP) is 3.43. The maximum absolute atomic E-state index is 13.1. The minimum Gasteiger partial charge on any atom is -0.383 e. The van der Waals surface area contributed by atoms with Gasteiger partial charge in [0.15, 0.2) is 0 Å². The first-order valence-corrected chi connectivity index (χ1v) is 6.30. The third kappa shape index (κ3) is 2.16. The van der Waals surface area contributed by atoms with Crippen LogP contribution in [0, 0.1) is 12.7 Å². The van der Waals surface area contributed by atoms with E-state index < -0.39 is 6.10 Å². The number of thiazole rings is 1. The second-order valence-corrected chi connectivity index (χ2v) is 5.06. The third-order valence-electron chi connectivity index (χ3n) is 2.30. The molecule has 1 aromatic carbocycles. The van der Waals surface area contributed by atoms with Crippen molar-refractivity contribution in [1.82, 2.24) is 4.98 Å². The Kier molecular flexibility index (Phi) is 3.37. The van der Waals surface area contributed by atoms with Crippen LogP contribution in [0.5, 0.6) is 0 Å². The van der Waals surface area contributed by atoms with Crippen molar-refractivity contribution in [2.24, 2.45) is 0 Å². The van der Waals surface area contributed by atoms with E-state index in [1.54, 1.807) is 24.6 Å². The van der Waals surface area contributed by atoms with Crippen LogP contribution in [0.1, 0.15) is 22.1 Å². The lowest BCUT2D eigenvalue weighted by atomic mass is 10.1. The van der Waals surface area contributed by atoms with Gasteiger partial charge in [-0.15, -0.1) is 11.3 Å². The molecule has 1 aromatic heterocycles. The van der Waals surface area contributed by atoms with Crippen molar-refractivity contribution in [3.05, 3.63) is 50.1 Å². The molecule has 1 heterocycles. The number of rotatable bonds is 2. The maximum atomic E-state index is 13.1. The van der Waals surface area contributed by atoms with E-state index >= 15 is 0 Å². The third-order valence-corrected chi connectivity index (χ3v) is 4.07. The average molecular weight is 302 g/mol. The van der Waals surface area contributed by atoms with E-state index in [0.29, 0.717) is 15.7 Å². The van der Waals surface area contributed by atoms with Crippen molar-refractivity contribution >= 4 is 27.3 Å². The largest absolute Gasteiger partial charge is 0.383 e. The lowest BCUT2D eigenvalue weighted by Crippen LogP contribution is -1.99.